The van der Waals surface area contributed by atoms with E-state index in [1.54, 1.807) is 0 Å². The number of rotatable bonds is 2. The molecule has 0 bridgehead atoms. The largest absolute Gasteiger partial charge is 0.439 e. The summed E-state index contributed by atoms with van der Waals surface area (Å²) in [6.45, 7) is 5.55. The summed E-state index contributed by atoms with van der Waals surface area (Å²) in [6.07, 6.45) is 0. The average Bonchev–Trinajstić information content (AvgIpc) is 3.01. The molecule has 4 nitrogen and oxygen atoms in total. The van der Waals surface area contributed by atoms with Gasteiger partial charge >= 0.3 is 0 Å². The number of oxazole rings is 1. The molecule has 2 aromatic rings. The summed E-state index contributed by atoms with van der Waals surface area (Å²) < 4.78 is 5.78. The van der Waals surface area contributed by atoms with E-state index in [1.807, 2.05) is 24.3 Å². The zero-order valence-electron chi connectivity index (χ0n) is 10.3. The molecular formula is C14H17N3O. The van der Waals surface area contributed by atoms with E-state index < -0.39 is 0 Å². The second-order valence-corrected chi connectivity index (χ2v) is 5.45. The fourth-order valence-corrected chi connectivity index (χ4v) is 3.26. The molecule has 0 saturated carbocycles. The van der Waals surface area contributed by atoms with Crippen molar-refractivity contribution in [3.63, 3.8) is 0 Å². The first kappa shape index (κ1) is 10.5. The van der Waals surface area contributed by atoms with Crippen molar-refractivity contribution in [3.05, 3.63) is 30.2 Å². The highest BCUT2D eigenvalue weighted by atomic mass is 16.3. The molecule has 1 aromatic carbocycles. The maximum atomic E-state index is 5.78. The molecule has 0 spiro atoms. The zero-order valence-corrected chi connectivity index (χ0v) is 10.3. The Morgan fingerprint density at radius 2 is 2.00 bits per heavy atom. The van der Waals surface area contributed by atoms with Gasteiger partial charge in [-0.1, -0.05) is 12.1 Å². The quantitative estimate of drug-likeness (QED) is 0.867. The normalized spacial score (nSPS) is 28.0. The summed E-state index contributed by atoms with van der Waals surface area (Å²) in [4.78, 5) is 7.02. The molecule has 2 unspecified atom stereocenters. The minimum atomic E-state index is 0.828. The highest BCUT2D eigenvalue weighted by Crippen LogP contribution is 2.27. The molecular weight excluding hydrogens is 226 g/mol. The molecule has 4 rings (SSSR count). The van der Waals surface area contributed by atoms with E-state index in [0.717, 1.165) is 35.4 Å². The smallest absolute Gasteiger partial charge is 0.209 e. The Bertz CT molecular complexity index is 520. The van der Waals surface area contributed by atoms with E-state index in [-0.39, 0.29) is 0 Å². The lowest BCUT2D eigenvalue weighted by molar-refractivity contribution is 0.275. The molecule has 1 aromatic heterocycles. The second-order valence-electron chi connectivity index (χ2n) is 5.45. The first-order valence-electron chi connectivity index (χ1n) is 6.66. The highest BCUT2D eigenvalue weighted by molar-refractivity contribution is 5.72. The van der Waals surface area contributed by atoms with Crippen molar-refractivity contribution in [2.75, 3.05) is 26.2 Å². The number of benzene rings is 1. The third-order valence-corrected chi connectivity index (χ3v) is 4.16. The lowest BCUT2D eigenvalue weighted by atomic mass is 10.0. The van der Waals surface area contributed by atoms with Gasteiger partial charge in [0.1, 0.15) is 5.52 Å². The van der Waals surface area contributed by atoms with Gasteiger partial charge in [0.15, 0.2) is 5.58 Å². The Kier molecular flexibility index (Phi) is 2.38. The number of aromatic nitrogens is 1. The van der Waals surface area contributed by atoms with Gasteiger partial charge in [-0.2, -0.15) is 0 Å². The Morgan fingerprint density at radius 3 is 2.78 bits per heavy atom. The Morgan fingerprint density at radius 1 is 1.22 bits per heavy atom. The van der Waals surface area contributed by atoms with Crippen LogP contribution in [0.25, 0.3) is 11.1 Å². The van der Waals surface area contributed by atoms with Crippen LogP contribution in [0.15, 0.2) is 28.7 Å². The molecule has 2 atom stereocenters. The fourth-order valence-electron chi connectivity index (χ4n) is 3.26. The minimum absolute atomic E-state index is 0.828. The SMILES string of the molecule is c1ccc2oc(CN3CC4CNCC4C3)nc2c1. The zero-order chi connectivity index (χ0) is 11.9. The summed E-state index contributed by atoms with van der Waals surface area (Å²) in [5.74, 6) is 2.51. The van der Waals surface area contributed by atoms with Gasteiger partial charge < -0.3 is 9.73 Å². The van der Waals surface area contributed by atoms with Gasteiger partial charge in [0.05, 0.1) is 6.54 Å². The second kappa shape index (κ2) is 4.07. The predicted octanol–water partition coefficient (Wildman–Crippen LogP) is 1.48. The first-order chi connectivity index (χ1) is 8.88. The van der Waals surface area contributed by atoms with E-state index in [2.05, 4.69) is 15.2 Å². The van der Waals surface area contributed by atoms with E-state index in [9.17, 15) is 0 Å². The summed E-state index contributed by atoms with van der Waals surface area (Å²) in [7, 11) is 0. The number of hydrogen-bond acceptors (Lipinski definition) is 4. The molecule has 2 fully saturated rings. The molecule has 0 radical (unpaired) electrons. The van der Waals surface area contributed by atoms with Gasteiger partial charge in [-0.05, 0) is 37.1 Å². The molecule has 0 amide bonds. The minimum Gasteiger partial charge on any atom is -0.439 e. The number of nitrogens with one attached hydrogen (secondary N) is 1. The highest BCUT2D eigenvalue weighted by Gasteiger charge is 2.36. The summed E-state index contributed by atoms with van der Waals surface area (Å²) in [5, 5.41) is 3.46. The molecule has 2 aliphatic rings. The predicted molar refractivity (Wildman–Crippen MR) is 69.1 cm³/mol. The van der Waals surface area contributed by atoms with Gasteiger partial charge in [-0.25, -0.2) is 4.98 Å². The van der Waals surface area contributed by atoms with Crippen molar-refractivity contribution in [3.8, 4) is 0 Å². The van der Waals surface area contributed by atoms with E-state index in [1.165, 1.54) is 26.2 Å². The van der Waals surface area contributed by atoms with Gasteiger partial charge in [0.25, 0.3) is 0 Å². The van der Waals surface area contributed by atoms with Crippen LogP contribution in [0, 0.1) is 11.8 Å². The molecule has 3 heterocycles. The van der Waals surface area contributed by atoms with Crippen LogP contribution >= 0.6 is 0 Å². The van der Waals surface area contributed by atoms with Crippen molar-refractivity contribution < 1.29 is 4.42 Å². The Hall–Kier alpha value is -1.39. The van der Waals surface area contributed by atoms with Crippen molar-refractivity contribution in [2.24, 2.45) is 11.8 Å². The summed E-state index contributed by atoms with van der Waals surface area (Å²) >= 11 is 0. The maximum Gasteiger partial charge on any atom is 0.209 e. The van der Waals surface area contributed by atoms with Crippen LogP contribution in [-0.2, 0) is 6.54 Å². The number of nitrogens with zero attached hydrogens (tertiary/aromatic N) is 2. The molecule has 2 aliphatic heterocycles. The Labute approximate surface area is 106 Å². The third-order valence-electron chi connectivity index (χ3n) is 4.16. The molecule has 2 saturated heterocycles. The van der Waals surface area contributed by atoms with Gasteiger partial charge in [0, 0.05) is 13.1 Å². The molecule has 1 N–H and O–H groups in total. The number of fused-ring (bicyclic) bond motifs is 2. The lowest BCUT2D eigenvalue weighted by Crippen LogP contribution is -2.25. The van der Waals surface area contributed by atoms with Crippen molar-refractivity contribution >= 4 is 11.1 Å². The number of para-hydroxylation sites is 2. The first-order valence-corrected chi connectivity index (χ1v) is 6.66. The molecule has 18 heavy (non-hydrogen) atoms. The fraction of sp³-hybridized carbons (Fsp3) is 0.500. The third kappa shape index (κ3) is 1.72. The average molecular weight is 243 g/mol. The summed E-state index contributed by atoms with van der Waals surface area (Å²) in [5.41, 5.74) is 1.86. The van der Waals surface area contributed by atoms with Crippen molar-refractivity contribution in [1.29, 1.82) is 0 Å². The van der Waals surface area contributed by atoms with Gasteiger partial charge in [0.2, 0.25) is 5.89 Å². The van der Waals surface area contributed by atoms with Crippen LogP contribution in [0.2, 0.25) is 0 Å². The lowest BCUT2D eigenvalue weighted by Gasteiger charge is -2.14. The number of hydrogen-bond donors (Lipinski definition) is 1. The van der Waals surface area contributed by atoms with Crippen LogP contribution in [0.5, 0.6) is 0 Å². The van der Waals surface area contributed by atoms with Crippen LogP contribution in [0.3, 0.4) is 0 Å². The molecule has 94 valence electrons. The molecule has 0 aliphatic carbocycles. The van der Waals surface area contributed by atoms with Gasteiger partial charge in [-0.3, -0.25) is 4.90 Å². The van der Waals surface area contributed by atoms with E-state index in [4.69, 9.17) is 4.42 Å². The van der Waals surface area contributed by atoms with Crippen LogP contribution < -0.4 is 5.32 Å². The van der Waals surface area contributed by atoms with Gasteiger partial charge in [-0.15, -0.1) is 0 Å². The van der Waals surface area contributed by atoms with Crippen LogP contribution in [0.4, 0.5) is 0 Å². The van der Waals surface area contributed by atoms with E-state index >= 15 is 0 Å². The molecule has 4 heteroatoms. The maximum absolute atomic E-state index is 5.78. The Balaban J connectivity index is 1.51. The van der Waals surface area contributed by atoms with Crippen molar-refractivity contribution in [2.45, 2.75) is 6.54 Å². The number of likely N-dealkylation sites (tertiary alicyclic amines) is 1. The van der Waals surface area contributed by atoms with Crippen LogP contribution in [0.1, 0.15) is 5.89 Å². The monoisotopic (exact) mass is 243 g/mol. The standard InChI is InChI=1S/C14H17N3O/c1-2-4-13-12(3-1)16-14(18-13)9-17-7-10-5-15-6-11(10)8-17/h1-4,10-11,15H,5-9H2. The summed E-state index contributed by atoms with van der Waals surface area (Å²) in [6, 6.07) is 7.98. The van der Waals surface area contributed by atoms with E-state index in [0.29, 0.717) is 0 Å². The van der Waals surface area contributed by atoms with Crippen molar-refractivity contribution in [1.82, 2.24) is 15.2 Å². The van der Waals surface area contributed by atoms with Crippen LogP contribution in [-0.4, -0.2) is 36.1 Å². The topological polar surface area (TPSA) is 41.3 Å².